The second-order valence-corrected chi connectivity index (χ2v) is 14.5. The number of esters is 2. The zero-order chi connectivity index (χ0) is 38.4. The Labute approximate surface area is 315 Å². The number of hydrogen-bond acceptors (Lipinski definition) is 9. The maximum Gasteiger partial charge on any atom is 0.472 e. The zero-order valence-corrected chi connectivity index (χ0v) is 33.1. The van der Waals surface area contributed by atoms with E-state index in [1.54, 1.807) is 0 Å². The van der Waals surface area contributed by atoms with Crippen molar-refractivity contribution in [3.8, 4) is 0 Å². The van der Waals surface area contributed by atoms with Crippen molar-refractivity contribution in [3.63, 3.8) is 0 Å². The lowest BCUT2D eigenvalue weighted by Crippen LogP contribution is -2.29. The van der Waals surface area contributed by atoms with Crippen LogP contribution in [-0.4, -0.2) is 65.7 Å². The van der Waals surface area contributed by atoms with Crippen LogP contribution >= 0.6 is 7.82 Å². The van der Waals surface area contributed by atoms with Gasteiger partial charge in [-0.05, 0) is 57.8 Å². The Kier molecular flexibility index (Phi) is 35.3. The number of aliphatic hydroxyl groups excluding tert-OH is 2. The number of aliphatic hydroxyl groups is 2. The number of allylic oxidation sites excluding steroid dienone is 10. The zero-order valence-electron chi connectivity index (χ0n) is 32.3. The van der Waals surface area contributed by atoms with Gasteiger partial charge >= 0.3 is 19.8 Å². The Balaban J connectivity index is 4.42. The summed E-state index contributed by atoms with van der Waals surface area (Å²) in [7, 11) is -4.62. The molecule has 0 amide bonds. The Morgan fingerprint density at radius 1 is 0.596 bits per heavy atom. The van der Waals surface area contributed by atoms with Gasteiger partial charge in [-0.25, -0.2) is 4.57 Å². The lowest BCUT2D eigenvalue weighted by Gasteiger charge is -2.20. The van der Waals surface area contributed by atoms with Crippen LogP contribution in [0.25, 0.3) is 0 Å². The van der Waals surface area contributed by atoms with Crippen LogP contribution in [0, 0.1) is 0 Å². The first-order chi connectivity index (χ1) is 25.2. The molecule has 300 valence electrons. The molecule has 0 spiro atoms. The number of phosphoric ester groups is 1. The Morgan fingerprint density at radius 2 is 1.08 bits per heavy atom. The monoisotopic (exact) mass is 754 g/mol. The first-order valence-electron chi connectivity index (χ1n) is 19.8. The highest BCUT2D eigenvalue weighted by Crippen LogP contribution is 2.43. The van der Waals surface area contributed by atoms with Gasteiger partial charge in [-0.3, -0.25) is 18.6 Å². The van der Waals surface area contributed by atoms with Crippen LogP contribution in [0.4, 0.5) is 0 Å². The van der Waals surface area contributed by atoms with Crippen LogP contribution in [0.2, 0.25) is 0 Å². The number of phosphoric acid groups is 1. The Bertz CT molecular complexity index is 1050. The summed E-state index contributed by atoms with van der Waals surface area (Å²) >= 11 is 0. The molecule has 0 aromatic heterocycles. The molecule has 0 aliphatic heterocycles. The first-order valence-corrected chi connectivity index (χ1v) is 21.3. The highest BCUT2D eigenvalue weighted by molar-refractivity contribution is 7.47. The lowest BCUT2D eigenvalue weighted by molar-refractivity contribution is -0.161. The summed E-state index contributed by atoms with van der Waals surface area (Å²) in [6.45, 7) is 2.17. The third-order valence-corrected chi connectivity index (χ3v) is 8.95. The third-order valence-electron chi connectivity index (χ3n) is 8.00. The summed E-state index contributed by atoms with van der Waals surface area (Å²) in [6.07, 6.45) is 39.0. The van der Waals surface area contributed by atoms with Gasteiger partial charge in [0.2, 0.25) is 0 Å². The van der Waals surface area contributed by atoms with E-state index in [-0.39, 0.29) is 19.4 Å². The number of hydrogen-bond donors (Lipinski definition) is 3. The van der Waals surface area contributed by atoms with Crippen molar-refractivity contribution in [2.24, 2.45) is 0 Å². The fourth-order valence-electron chi connectivity index (χ4n) is 4.94. The van der Waals surface area contributed by atoms with Crippen molar-refractivity contribution in [2.45, 2.75) is 161 Å². The summed E-state index contributed by atoms with van der Waals surface area (Å²) in [5.74, 6) is -0.968. The van der Waals surface area contributed by atoms with Gasteiger partial charge in [0, 0.05) is 12.8 Å². The second kappa shape index (κ2) is 37.0. The van der Waals surface area contributed by atoms with E-state index in [2.05, 4.69) is 42.7 Å². The van der Waals surface area contributed by atoms with E-state index in [1.807, 2.05) is 36.5 Å². The molecule has 0 aromatic rings. The highest BCUT2D eigenvalue weighted by atomic mass is 31.2. The molecule has 0 aromatic carbocycles. The molecule has 0 saturated heterocycles. The van der Waals surface area contributed by atoms with Gasteiger partial charge in [0.25, 0.3) is 0 Å². The van der Waals surface area contributed by atoms with Crippen LogP contribution in [-0.2, 0) is 32.7 Å². The van der Waals surface area contributed by atoms with Gasteiger partial charge in [-0.1, -0.05) is 139 Å². The van der Waals surface area contributed by atoms with Crippen molar-refractivity contribution in [1.82, 2.24) is 0 Å². The van der Waals surface area contributed by atoms with Crippen LogP contribution in [0.3, 0.4) is 0 Å². The van der Waals surface area contributed by atoms with E-state index in [1.165, 1.54) is 32.1 Å². The summed E-state index contributed by atoms with van der Waals surface area (Å²) < 4.78 is 32.6. The first kappa shape index (κ1) is 49.7. The number of rotatable bonds is 36. The molecule has 11 heteroatoms. The highest BCUT2D eigenvalue weighted by Gasteiger charge is 2.27. The second-order valence-electron chi connectivity index (χ2n) is 13.0. The number of unbranched alkanes of at least 4 members (excludes halogenated alkanes) is 15. The molecule has 0 saturated carbocycles. The van der Waals surface area contributed by atoms with Crippen LogP contribution in [0.1, 0.15) is 149 Å². The van der Waals surface area contributed by atoms with Crippen molar-refractivity contribution in [2.75, 3.05) is 26.4 Å². The van der Waals surface area contributed by atoms with Crippen molar-refractivity contribution < 1.29 is 47.8 Å². The molecule has 52 heavy (non-hydrogen) atoms. The summed E-state index contributed by atoms with van der Waals surface area (Å²) in [6, 6.07) is 0. The average molecular weight is 755 g/mol. The van der Waals surface area contributed by atoms with E-state index in [0.717, 1.165) is 77.0 Å². The lowest BCUT2D eigenvalue weighted by atomic mass is 10.1. The van der Waals surface area contributed by atoms with Crippen molar-refractivity contribution in [3.05, 3.63) is 60.8 Å². The molecule has 0 rings (SSSR count). The van der Waals surface area contributed by atoms with E-state index in [0.29, 0.717) is 12.8 Å². The van der Waals surface area contributed by atoms with Gasteiger partial charge in [0.15, 0.2) is 6.10 Å². The predicted octanol–water partition coefficient (Wildman–Crippen LogP) is 9.94. The summed E-state index contributed by atoms with van der Waals surface area (Å²) in [4.78, 5) is 34.9. The average Bonchev–Trinajstić information content (AvgIpc) is 3.13. The van der Waals surface area contributed by atoms with Gasteiger partial charge in [0.05, 0.1) is 19.8 Å². The van der Waals surface area contributed by atoms with Crippen molar-refractivity contribution in [1.29, 1.82) is 0 Å². The molecule has 10 nitrogen and oxygen atoms in total. The SMILES string of the molecule is CC/C=C/C=C/C=C/C=C/CCCCCCCC(=O)OC[C@H](COP(=O)(O)OC[C@@H](O)CO)OC(=O)CCCCCCC/C=C/CCCCCCC. The fourth-order valence-corrected chi connectivity index (χ4v) is 5.73. The largest absolute Gasteiger partial charge is 0.472 e. The molecule has 0 bridgehead atoms. The van der Waals surface area contributed by atoms with Crippen LogP contribution in [0.5, 0.6) is 0 Å². The van der Waals surface area contributed by atoms with E-state index in [4.69, 9.17) is 19.1 Å². The molecule has 0 fully saturated rings. The number of carbonyl (C=O) groups is 2. The van der Waals surface area contributed by atoms with E-state index in [9.17, 15) is 24.2 Å². The van der Waals surface area contributed by atoms with E-state index >= 15 is 0 Å². The van der Waals surface area contributed by atoms with E-state index < -0.39 is 51.8 Å². The minimum Gasteiger partial charge on any atom is -0.462 e. The summed E-state index contributed by atoms with van der Waals surface area (Å²) in [5, 5.41) is 18.3. The third kappa shape index (κ3) is 36.0. The molecule has 0 aliphatic rings. The standard InChI is InChI=1S/C41H71O10P/c1-3-5-7-9-11-13-15-17-19-21-22-24-26-28-30-32-40(44)48-36-39(37-50-52(46,47)49-35-38(43)34-42)51-41(45)33-31-29-27-25-23-20-18-16-14-12-10-8-6-4-2/h5,7,9,11,13,15-19,38-39,42-43H,3-4,6,8,10,12,14,20-37H2,1-2H3,(H,46,47)/b7-5+,11-9+,15-13+,18-16+,19-17+/t38-,39+/m0/s1. The molecular weight excluding hydrogens is 683 g/mol. The van der Waals surface area contributed by atoms with Crippen molar-refractivity contribution >= 4 is 19.8 Å². The minimum atomic E-state index is -4.62. The van der Waals surface area contributed by atoms with Gasteiger partial charge in [-0.2, -0.15) is 0 Å². The van der Waals surface area contributed by atoms with Gasteiger partial charge in [0.1, 0.15) is 12.7 Å². The number of ether oxygens (including phenoxy) is 2. The molecular formula is C41H71O10P. The van der Waals surface area contributed by atoms with Gasteiger partial charge < -0.3 is 24.6 Å². The Hall–Kier alpha value is -2.33. The molecule has 0 aliphatic carbocycles. The maximum atomic E-state index is 12.6. The normalized spacial score (nSPS) is 14.6. The minimum absolute atomic E-state index is 0.166. The van der Waals surface area contributed by atoms with Crippen LogP contribution in [0.15, 0.2) is 60.8 Å². The predicted molar refractivity (Wildman–Crippen MR) is 210 cm³/mol. The van der Waals surface area contributed by atoms with Crippen LogP contribution < -0.4 is 0 Å². The van der Waals surface area contributed by atoms with Gasteiger partial charge in [-0.15, -0.1) is 0 Å². The summed E-state index contributed by atoms with van der Waals surface area (Å²) in [5.41, 5.74) is 0. The molecule has 0 radical (unpaired) electrons. The molecule has 1 unspecified atom stereocenters. The quantitative estimate of drug-likeness (QED) is 0.0186. The fraction of sp³-hybridized carbons (Fsp3) is 0.707. The topological polar surface area (TPSA) is 149 Å². The molecule has 0 heterocycles. The smallest absolute Gasteiger partial charge is 0.462 e. The Morgan fingerprint density at radius 3 is 1.65 bits per heavy atom. The molecule has 3 N–H and O–H groups in total. The molecule has 3 atom stereocenters. The maximum absolute atomic E-state index is 12.6. The number of carbonyl (C=O) groups excluding carboxylic acids is 2.